The molecular weight excluding hydrogens is 881 g/mol. The molecule has 0 saturated carbocycles. The molecule has 1 amide bonds. The molecule has 1 N–H and O–H groups in total. The Bertz CT molecular complexity index is 2380. The van der Waals surface area contributed by atoms with Gasteiger partial charge in [-0.3, -0.25) is 0 Å². The predicted molar refractivity (Wildman–Crippen MR) is 251 cm³/mol. The van der Waals surface area contributed by atoms with Crippen LogP contribution in [0.15, 0.2) is 78.9 Å². The van der Waals surface area contributed by atoms with Crippen molar-refractivity contribution in [2.45, 2.75) is 84.5 Å². The maximum absolute atomic E-state index is 15.0. The van der Waals surface area contributed by atoms with Crippen LogP contribution in [0, 0.1) is 24.6 Å². The van der Waals surface area contributed by atoms with Gasteiger partial charge in [-0.25, -0.2) is 19.0 Å². The molecule has 0 spiro atoms. The summed E-state index contributed by atoms with van der Waals surface area (Å²) in [5, 5.41) is 14.5. The van der Waals surface area contributed by atoms with Gasteiger partial charge in [-0.2, -0.15) is 0 Å². The Labute approximate surface area is 384 Å². The molecule has 1 unspecified atom stereocenters. The summed E-state index contributed by atoms with van der Waals surface area (Å²) in [5.74, 6) is 4.66. The molecule has 0 aliphatic rings. The number of thiazole rings is 1. The normalized spacial score (nSPS) is 12.2. The molecule has 0 aliphatic carbocycles. The zero-order valence-corrected chi connectivity index (χ0v) is 40.4. The van der Waals surface area contributed by atoms with Crippen LogP contribution in [-0.4, -0.2) is 86.0 Å². The molecular formula is C47H54Cl2FN5O6SSi. The summed E-state index contributed by atoms with van der Waals surface area (Å²) in [5.41, 5.74) is 1.43. The Morgan fingerprint density at radius 1 is 0.952 bits per heavy atom. The Morgan fingerprint density at radius 3 is 2.17 bits per heavy atom. The number of rotatable bonds is 16. The smallest absolute Gasteiger partial charge is 0.410 e. The van der Waals surface area contributed by atoms with Gasteiger partial charge in [0.2, 0.25) is 0 Å². The number of carbonyl (C=O) groups is 2. The quantitative estimate of drug-likeness (QED) is 0.0443. The summed E-state index contributed by atoms with van der Waals surface area (Å²) in [7, 11) is -0.175. The summed E-state index contributed by atoms with van der Waals surface area (Å²) in [6.45, 7) is 14.4. The second-order valence-corrected chi connectivity index (χ2v) is 22.9. The summed E-state index contributed by atoms with van der Waals surface area (Å²) < 4.78 is 38.9. The molecule has 0 fully saturated rings. The van der Waals surface area contributed by atoms with Crippen molar-refractivity contribution in [3.8, 4) is 17.6 Å². The number of hydrogen-bond acceptors (Lipinski definition) is 11. The van der Waals surface area contributed by atoms with Crippen LogP contribution in [0.5, 0.6) is 5.75 Å². The number of hydrogen-bond donors (Lipinski definition) is 1. The number of carbonyl (C=O) groups excluding carboxylic acids is 2. The fourth-order valence-corrected chi connectivity index (χ4v) is 13.0. The van der Waals surface area contributed by atoms with E-state index in [1.807, 2.05) is 43.3 Å². The molecule has 3 aromatic carbocycles. The number of esters is 1. The Morgan fingerprint density at radius 2 is 1.59 bits per heavy atom. The van der Waals surface area contributed by atoms with Gasteiger partial charge in [0.25, 0.3) is 8.32 Å². The summed E-state index contributed by atoms with van der Waals surface area (Å²) >= 11 is 14.5. The number of methoxy groups -OCH3 is 1. The fourth-order valence-electron chi connectivity index (χ4n) is 6.89. The number of aryl methyl sites for hydroxylation is 1. The maximum atomic E-state index is 15.0. The van der Waals surface area contributed by atoms with Gasteiger partial charge in [-0.05, 0) is 85.3 Å². The second-order valence-electron chi connectivity index (χ2n) is 16.9. The number of benzene rings is 3. The van der Waals surface area contributed by atoms with Crippen molar-refractivity contribution in [2.75, 3.05) is 39.2 Å². The van der Waals surface area contributed by atoms with Crippen molar-refractivity contribution >= 4 is 70.4 Å². The van der Waals surface area contributed by atoms with Gasteiger partial charge in [0.05, 0.1) is 26.4 Å². The minimum Gasteiger partial charge on any atom is -0.491 e. The average molecular weight is 935 g/mol. The summed E-state index contributed by atoms with van der Waals surface area (Å²) in [6.07, 6.45) is 0.242. The van der Waals surface area contributed by atoms with Crippen molar-refractivity contribution in [1.29, 1.82) is 0 Å². The van der Waals surface area contributed by atoms with Gasteiger partial charge in [-0.15, -0.1) is 21.5 Å². The molecule has 5 rings (SSSR count). The number of nitrogens with one attached hydrogen (secondary N) is 1. The number of nitrogens with zero attached hydrogens (tertiary/aromatic N) is 4. The number of ether oxygens (including phenoxy) is 3. The van der Waals surface area contributed by atoms with Crippen molar-refractivity contribution in [3.63, 3.8) is 0 Å². The van der Waals surface area contributed by atoms with E-state index in [0.29, 0.717) is 40.4 Å². The first kappa shape index (κ1) is 49.0. The maximum Gasteiger partial charge on any atom is 0.410 e. The van der Waals surface area contributed by atoms with Crippen molar-refractivity contribution in [3.05, 3.63) is 122 Å². The van der Waals surface area contributed by atoms with Gasteiger partial charge < -0.3 is 28.9 Å². The topological polar surface area (TPSA) is 125 Å². The lowest BCUT2D eigenvalue weighted by Gasteiger charge is -2.45. The SMILES string of the molecule is COC(=O)c1nc(NCC(Cc2c(Cl)nnc(Cl)c2C)O[Si](c2ccccc2)(c2ccccc2)C(C)(C)C)sc1CCCOc1ccc(C#CCN(C)C(=O)OC(C)(C)C)cc1F. The number of halogens is 3. The van der Waals surface area contributed by atoms with E-state index in [-0.39, 0.29) is 46.5 Å². The Hall–Kier alpha value is -5.04. The zero-order chi connectivity index (χ0) is 46.0. The van der Waals surface area contributed by atoms with Gasteiger partial charge in [0.1, 0.15) is 5.60 Å². The van der Waals surface area contributed by atoms with Crippen molar-refractivity contribution < 1.29 is 32.6 Å². The highest BCUT2D eigenvalue weighted by molar-refractivity contribution is 7.15. The molecule has 5 aromatic rings. The fraction of sp³-hybridized carbons (Fsp3) is 0.383. The molecule has 1 atom stereocenters. The molecule has 334 valence electrons. The highest BCUT2D eigenvalue weighted by atomic mass is 35.5. The number of aromatic nitrogens is 3. The Kier molecular flexibility index (Phi) is 16.8. The van der Waals surface area contributed by atoms with E-state index in [9.17, 15) is 9.59 Å². The standard InChI is InChI=1S/C47H54Cl2FN5O6SSi/c1-31-36(42(49)54-53-41(31)48)29-33(61-63(47(5,6)7,34-19-12-10-13-20-34)35-21-14-11-15-22-35)30-51-44-52-40(43(56)58-9)39(62-44)23-17-27-59-38-25-24-32(28-37(38)50)18-16-26-55(8)45(57)60-46(2,3)4/h10-15,19-22,24-25,28,33H,17,23,26-27,29-30H2,1-9H3,(H,51,52). The van der Waals surface area contributed by atoms with Crippen LogP contribution in [0.3, 0.4) is 0 Å². The van der Waals surface area contributed by atoms with E-state index in [0.717, 1.165) is 15.9 Å². The minimum atomic E-state index is -3.07. The van der Waals surface area contributed by atoms with Gasteiger partial charge in [-0.1, -0.05) is 116 Å². The molecule has 11 nitrogen and oxygen atoms in total. The average Bonchev–Trinajstić information content (AvgIpc) is 3.65. The molecule has 16 heteroatoms. The van der Waals surface area contributed by atoms with Crippen LogP contribution in [0.2, 0.25) is 15.3 Å². The Balaban J connectivity index is 1.33. The first-order chi connectivity index (χ1) is 29.8. The lowest BCUT2D eigenvalue weighted by Crippen LogP contribution is -2.68. The molecule has 2 aromatic heterocycles. The molecule has 0 saturated heterocycles. The largest absolute Gasteiger partial charge is 0.491 e. The van der Waals surface area contributed by atoms with Crippen molar-refractivity contribution in [1.82, 2.24) is 20.1 Å². The van der Waals surface area contributed by atoms with E-state index >= 15 is 4.39 Å². The highest BCUT2D eigenvalue weighted by Crippen LogP contribution is 2.39. The highest BCUT2D eigenvalue weighted by Gasteiger charge is 2.51. The zero-order valence-electron chi connectivity index (χ0n) is 37.1. The van der Waals surface area contributed by atoms with Crippen LogP contribution >= 0.6 is 34.5 Å². The van der Waals surface area contributed by atoms with Crippen LogP contribution in [-0.2, 0) is 26.7 Å². The van der Waals surface area contributed by atoms with Crippen molar-refractivity contribution in [2.24, 2.45) is 0 Å². The van der Waals surface area contributed by atoms with Crippen LogP contribution in [0.4, 0.5) is 14.3 Å². The predicted octanol–water partition coefficient (Wildman–Crippen LogP) is 9.30. The minimum absolute atomic E-state index is 0.0687. The number of anilines is 1. The van der Waals surface area contributed by atoms with E-state index in [2.05, 4.69) is 77.4 Å². The summed E-state index contributed by atoms with van der Waals surface area (Å²) in [4.78, 5) is 31.9. The second kappa shape index (κ2) is 21.6. The molecule has 0 radical (unpaired) electrons. The molecule has 63 heavy (non-hydrogen) atoms. The van der Waals surface area contributed by atoms with E-state index in [4.69, 9.17) is 41.8 Å². The van der Waals surface area contributed by atoms with E-state index < -0.39 is 37.9 Å². The molecule has 2 heterocycles. The van der Waals surface area contributed by atoms with E-state index in [1.165, 1.54) is 35.5 Å². The van der Waals surface area contributed by atoms with Crippen LogP contribution in [0.1, 0.15) is 80.0 Å². The lowest BCUT2D eigenvalue weighted by atomic mass is 10.1. The third-order valence-corrected chi connectivity index (χ3v) is 16.8. The first-order valence-corrected chi connectivity index (χ1v) is 23.9. The lowest BCUT2D eigenvalue weighted by molar-refractivity contribution is 0.0320. The third-order valence-electron chi connectivity index (χ3n) is 9.98. The van der Waals surface area contributed by atoms with E-state index in [1.54, 1.807) is 33.9 Å². The molecule has 0 aliphatic heterocycles. The van der Waals surface area contributed by atoms with Crippen LogP contribution in [0.25, 0.3) is 0 Å². The monoisotopic (exact) mass is 933 g/mol. The third kappa shape index (κ3) is 12.8. The summed E-state index contributed by atoms with van der Waals surface area (Å²) in [6, 6.07) is 25.1. The number of amides is 1. The van der Waals surface area contributed by atoms with Gasteiger partial charge in [0, 0.05) is 30.5 Å². The van der Waals surface area contributed by atoms with Gasteiger partial charge in [0.15, 0.2) is 32.7 Å². The van der Waals surface area contributed by atoms with Crippen LogP contribution < -0.4 is 20.4 Å². The first-order valence-electron chi connectivity index (χ1n) is 20.5. The molecule has 0 bridgehead atoms. The van der Waals surface area contributed by atoms with Gasteiger partial charge >= 0.3 is 12.1 Å².